The van der Waals surface area contributed by atoms with Crippen LogP contribution in [0, 0.1) is 0 Å². The number of thiophene rings is 1. The first-order valence-corrected chi connectivity index (χ1v) is 5.01. The molecule has 0 radical (unpaired) electrons. The molecule has 0 unspecified atom stereocenters. The number of carbonyl (C=O) groups is 1. The Hall–Kier alpha value is -1.49. The Morgan fingerprint density at radius 1 is 1.64 bits per heavy atom. The van der Waals surface area contributed by atoms with Crippen molar-refractivity contribution in [2.24, 2.45) is 0 Å². The Morgan fingerprint density at radius 3 is 3.21 bits per heavy atom. The highest BCUT2D eigenvalue weighted by molar-refractivity contribution is 7.20. The van der Waals surface area contributed by atoms with E-state index in [1.54, 1.807) is 19.2 Å². The normalized spacial score (nSPS) is 10.4. The van der Waals surface area contributed by atoms with Gasteiger partial charge in [0.15, 0.2) is 0 Å². The predicted molar refractivity (Wildman–Crippen MR) is 53.4 cm³/mol. The molecule has 4 nitrogen and oxygen atoms in total. The van der Waals surface area contributed by atoms with E-state index in [1.807, 2.05) is 6.07 Å². The molecule has 0 saturated carbocycles. The maximum Gasteiger partial charge on any atom is 0.348 e. The monoisotopic (exact) mass is 208 g/mol. The summed E-state index contributed by atoms with van der Waals surface area (Å²) in [5, 5.41) is 8.57. The van der Waals surface area contributed by atoms with Crippen LogP contribution in [0.25, 0.3) is 10.2 Å². The fourth-order valence-corrected chi connectivity index (χ4v) is 1.96. The lowest BCUT2D eigenvalue weighted by molar-refractivity contribution is 0.0532. The van der Waals surface area contributed by atoms with E-state index in [0.29, 0.717) is 11.5 Å². The van der Waals surface area contributed by atoms with Gasteiger partial charge in [0.25, 0.3) is 0 Å². The first kappa shape index (κ1) is 9.08. The van der Waals surface area contributed by atoms with Crippen LogP contribution in [0.3, 0.4) is 0 Å². The van der Waals surface area contributed by atoms with Crippen molar-refractivity contribution in [3.8, 4) is 0 Å². The van der Waals surface area contributed by atoms with Crippen LogP contribution in [0.4, 0.5) is 0 Å². The molecule has 2 heterocycles. The van der Waals surface area contributed by atoms with Crippen LogP contribution >= 0.6 is 11.3 Å². The molecule has 0 aliphatic carbocycles. The van der Waals surface area contributed by atoms with Gasteiger partial charge in [-0.15, -0.1) is 16.4 Å². The lowest BCUT2D eigenvalue weighted by Gasteiger charge is -1.95. The van der Waals surface area contributed by atoms with Crippen LogP contribution in [0.1, 0.15) is 16.6 Å². The Balaban J connectivity index is 2.40. The summed E-state index contributed by atoms with van der Waals surface area (Å²) in [6.45, 7) is 2.17. The van der Waals surface area contributed by atoms with E-state index in [4.69, 9.17) is 4.74 Å². The van der Waals surface area contributed by atoms with Gasteiger partial charge in [-0.25, -0.2) is 4.79 Å². The molecule has 14 heavy (non-hydrogen) atoms. The summed E-state index contributed by atoms with van der Waals surface area (Å²) < 4.78 is 4.88. The van der Waals surface area contributed by atoms with E-state index in [-0.39, 0.29) is 5.97 Å². The van der Waals surface area contributed by atoms with Crippen LogP contribution in [-0.2, 0) is 4.74 Å². The zero-order valence-corrected chi connectivity index (χ0v) is 8.37. The first-order valence-electron chi connectivity index (χ1n) is 4.19. The summed E-state index contributed by atoms with van der Waals surface area (Å²) in [4.78, 5) is 12.7. The second-order valence-corrected chi connectivity index (χ2v) is 3.65. The molecule has 0 spiro atoms. The van der Waals surface area contributed by atoms with E-state index in [1.165, 1.54) is 11.3 Å². The van der Waals surface area contributed by atoms with Crippen LogP contribution in [0.15, 0.2) is 18.3 Å². The van der Waals surface area contributed by atoms with E-state index < -0.39 is 0 Å². The highest BCUT2D eigenvalue weighted by Crippen LogP contribution is 2.23. The predicted octanol–water partition coefficient (Wildman–Crippen LogP) is 1.87. The van der Waals surface area contributed by atoms with Crippen molar-refractivity contribution in [1.29, 1.82) is 0 Å². The van der Waals surface area contributed by atoms with Crippen LogP contribution in [-0.4, -0.2) is 22.8 Å². The third-order valence-electron chi connectivity index (χ3n) is 1.69. The van der Waals surface area contributed by atoms with Crippen molar-refractivity contribution in [2.75, 3.05) is 6.61 Å². The van der Waals surface area contributed by atoms with Crippen molar-refractivity contribution in [3.63, 3.8) is 0 Å². The molecule has 0 aromatic carbocycles. The quantitative estimate of drug-likeness (QED) is 0.707. The van der Waals surface area contributed by atoms with Gasteiger partial charge in [0, 0.05) is 5.39 Å². The molecule has 2 aromatic rings. The SMILES string of the molecule is CCOC(=O)c1cc2ccnnc2s1. The van der Waals surface area contributed by atoms with Gasteiger partial charge in [0.1, 0.15) is 9.71 Å². The number of nitrogens with zero attached hydrogens (tertiary/aromatic N) is 2. The average Bonchev–Trinajstić information content (AvgIpc) is 2.61. The standard InChI is InChI=1S/C9H8N2O2S/c1-2-13-9(12)7-5-6-3-4-10-11-8(6)14-7/h3-5H,2H2,1H3. The average molecular weight is 208 g/mol. The van der Waals surface area contributed by atoms with Crippen molar-refractivity contribution in [3.05, 3.63) is 23.2 Å². The Morgan fingerprint density at radius 2 is 2.50 bits per heavy atom. The zero-order valence-electron chi connectivity index (χ0n) is 7.56. The maximum absolute atomic E-state index is 11.4. The number of fused-ring (bicyclic) bond motifs is 1. The van der Waals surface area contributed by atoms with E-state index >= 15 is 0 Å². The number of rotatable bonds is 2. The number of carbonyl (C=O) groups excluding carboxylic acids is 1. The lowest BCUT2D eigenvalue weighted by atomic mass is 10.3. The second-order valence-electron chi connectivity index (χ2n) is 2.62. The van der Waals surface area contributed by atoms with Crippen LogP contribution < -0.4 is 0 Å². The maximum atomic E-state index is 11.4. The number of hydrogen-bond acceptors (Lipinski definition) is 5. The molecule has 0 atom stereocenters. The Bertz CT molecular complexity index is 434. The lowest BCUT2D eigenvalue weighted by Crippen LogP contribution is -2.01. The topological polar surface area (TPSA) is 52.1 Å². The fourth-order valence-electron chi connectivity index (χ4n) is 1.10. The first-order chi connectivity index (χ1) is 6.81. The minimum absolute atomic E-state index is 0.296. The van der Waals surface area contributed by atoms with Crippen molar-refractivity contribution in [2.45, 2.75) is 6.92 Å². The fraction of sp³-hybridized carbons (Fsp3) is 0.222. The molecule has 5 heteroatoms. The largest absolute Gasteiger partial charge is 0.462 e. The molecule has 2 rings (SSSR count). The van der Waals surface area contributed by atoms with E-state index in [2.05, 4.69) is 10.2 Å². The third-order valence-corrected chi connectivity index (χ3v) is 2.70. The Labute approximate surface area is 84.5 Å². The molecule has 72 valence electrons. The smallest absolute Gasteiger partial charge is 0.348 e. The van der Waals surface area contributed by atoms with E-state index in [9.17, 15) is 4.79 Å². The minimum atomic E-state index is -0.296. The zero-order chi connectivity index (χ0) is 9.97. The highest BCUT2D eigenvalue weighted by atomic mass is 32.1. The van der Waals surface area contributed by atoms with Gasteiger partial charge in [-0.3, -0.25) is 0 Å². The summed E-state index contributed by atoms with van der Waals surface area (Å²) in [6, 6.07) is 3.59. The summed E-state index contributed by atoms with van der Waals surface area (Å²) in [5.41, 5.74) is 0. The van der Waals surface area contributed by atoms with Gasteiger partial charge in [-0.05, 0) is 19.1 Å². The minimum Gasteiger partial charge on any atom is -0.462 e. The molecule has 0 amide bonds. The summed E-state index contributed by atoms with van der Waals surface area (Å²) >= 11 is 1.30. The molecular formula is C9H8N2O2S. The molecule has 0 aliphatic rings. The molecule has 0 N–H and O–H groups in total. The summed E-state index contributed by atoms with van der Waals surface area (Å²) in [6.07, 6.45) is 1.60. The number of aromatic nitrogens is 2. The highest BCUT2D eigenvalue weighted by Gasteiger charge is 2.11. The van der Waals surface area contributed by atoms with Crippen molar-refractivity contribution in [1.82, 2.24) is 10.2 Å². The van der Waals surface area contributed by atoms with Gasteiger partial charge in [0.05, 0.1) is 12.8 Å². The van der Waals surface area contributed by atoms with Crippen LogP contribution in [0.2, 0.25) is 0 Å². The number of hydrogen-bond donors (Lipinski definition) is 0. The molecule has 0 fully saturated rings. The number of esters is 1. The Kier molecular flexibility index (Phi) is 2.41. The van der Waals surface area contributed by atoms with E-state index in [0.717, 1.165) is 10.2 Å². The van der Waals surface area contributed by atoms with Crippen molar-refractivity contribution < 1.29 is 9.53 Å². The third kappa shape index (κ3) is 1.58. The molecule has 0 aliphatic heterocycles. The summed E-state index contributed by atoms with van der Waals surface area (Å²) in [5.74, 6) is -0.296. The molecule has 0 bridgehead atoms. The van der Waals surface area contributed by atoms with Crippen molar-refractivity contribution >= 4 is 27.5 Å². The van der Waals surface area contributed by atoms with Gasteiger partial charge < -0.3 is 4.74 Å². The second kappa shape index (κ2) is 3.71. The number of ether oxygens (including phenoxy) is 1. The van der Waals surface area contributed by atoms with Gasteiger partial charge in [-0.2, -0.15) is 5.10 Å². The van der Waals surface area contributed by atoms with Crippen LogP contribution in [0.5, 0.6) is 0 Å². The molecule has 2 aromatic heterocycles. The van der Waals surface area contributed by atoms with Gasteiger partial charge in [0.2, 0.25) is 0 Å². The molecular weight excluding hydrogens is 200 g/mol. The molecule has 0 saturated heterocycles. The summed E-state index contributed by atoms with van der Waals surface area (Å²) in [7, 11) is 0. The van der Waals surface area contributed by atoms with Gasteiger partial charge in [-0.1, -0.05) is 0 Å². The van der Waals surface area contributed by atoms with Gasteiger partial charge >= 0.3 is 5.97 Å².